The summed E-state index contributed by atoms with van der Waals surface area (Å²) < 4.78 is 7.48. The van der Waals surface area contributed by atoms with Gasteiger partial charge in [-0.25, -0.2) is 0 Å². The van der Waals surface area contributed by atoms with Gasteiger partial charge in [0.1, 0.15) is 0 Å². The van der Waals surface area contributed by atoms with E-state index in [0.29, 0.717) is 18.5 Å². The third-order valence-electron chi connectivity index (χ3n) is 2.77. The Morgan fingerprint density at radius 2 is 2.31 bits per heavy atom. The summed E-state index contributed by atoms with van der Waals surface area (Å²) in [7, 11) is 0. The summed E-state index contributed by atoms with van der Waals surface area (Å²) in [5.74, 6) is 0.668. The van der Waals surface area contributed by atoms with E-state index in [0.717, 1.165) is 18.6 Å². The summed E-state index contributed by atoms with van der Waals surface area (Å²) >= 11 is 0. The molecule has 70 valence electrons. The Balaban J connectivity index is 2.09. The van der Waals surface area contributed by atoms with Crippen LogP contribution in [0.4, 0.5) is 5.82 Å². The molecule has 1 aromatic rings. The molecule has 0 atom stereocenters. The number of nitrogen functional groups attached to an aromatic ring is 1. The highest BCUT2D eigenvalue weighted by molar-refractivity contribution is 5.43. The zero-order chi connectivity index (χ0) is 8.84. The number of aromatic nitrogens is 2. The predicted octanol–water partition coefficient (Wildman–Crippen LogP) is 0.873. The number of fused-ring (bicyclic) bond motifs is 1. The van der Waals surface area contributed by atoms with E-state index in [4.69, 9.17) is 10.5 Å². The van der Waals surface area contributed by atoms with E-state index in [2.05, 4.69) is 9.78 Å². The SMILES string of the molecule is Nc1nn(C2CC2)c2c1COCC2. The van der Waals surface area contributed by atoms with Crippen LogP contribution in [0.1, 0.15) is 30.1 Å². The van der Waals surface area contributed by atoms with Crippen LogP contribution in [0.5, 0.6) is 0 Å². The first-order valence-corrected chi connectivity index (χ1v) is 4.80. The van der Waals surface area contributed by atoms with Gasteiger partial charge in [-0.15, -0.1) is 0 Å². The molecule has 0 bridgehead atoms. The summed E-state index contributed by atoms with van der Waals surface area (Å²) in [4.78, 5) is 0. The van der Waals surface area contributed by atoms with Crippen molar-refractivity contribution < 1.29 is 4.74 Å². The average Bonchev–Trinajstić information content (AvgIpc) is 2.94. The van der Waals surface area contributed by atoms with Crippen LogP contribution in [0.15, 0.2) is 0 Å². The van der Waals surface area contributed by atoms with Gasteiger partial charge in [-0.1, -0.05) is 0 Å². The molecule has 1 aromatic heterocycles. The molecule has 1 fully saturated rings. The minimum atomic E-state index is 0.629. The molecule has 3 rings (SSSR count). The monoisotopic (exact) mass is 179 g/mol. The molecule has 0 aromatic carbocycles. The van der Waals surface area contributed by atoms with Gasteiger partial charge in [0.05, 0.1) is 19.3 Å². The lowest BCUT2D eigenvalue weighted by molar-refractivity contribution is 0.109. The van der Waals surface area contributed by atoms with Gasteiger partial charge in [0.2, 0.25) is 0 Å². The fourth-order valence-corrected chi connectivity index (χ4v) is 1.91. The summed E-state index contributed by atoms with van der Waals surface area (Å²) in [6.07, 6.45) is 3.48. The predicted molar refractivity (Wildman–Crippen MR) is 48.3 cm³/mol. The summed E-state index contributed by atoms with van der Waals surface area (Å²) in [5, 5.41) is 4.37. The lowest BCUT2D eigenvalue weighted by Crippen LogP contribution is -2.13. The molecule has 1 saturated carbocycles. The number of rotatable bonds is 1. The molecule has 4 nitrogen and oxygen atoms in total. The van der Waals surface area contributed by atoms with Crippen molar-refractivity contribution in [1.82, 2.24) is 9.78 Å². The fourth-order valence-electron chi connectivity index (χ4n) is 1.91. The molecule has 0 radical (unpaired) electrons. The molecular formula is C9H13N3O. The van der Waals surface area contributed by atoms with Gasteiger partial charge in [-0.2, -0.15) is 5.10 Å². The number of hydrogen-bond acceptors (Lipinski definition) is 3. The van der Waals surface area contributed by atoms with Crippen LogP contribution in [-0.4, -0.2) is 16.4 Å². The second-order valence-electron chi connectivity index (χ2n) is 3.79. The fraction of sp³-hybridized carbons (Fsp3) is 0.667. The van der Waals surface area contributed by atoms with Crippen molar-refractivity contribution in [2.24, 2.45) is 0 Å². The van der Waals surface area contributed by atoms with E-state index in [1.165, 1.54) is 18.5 Å². The largest absolute Gasteiger partial charge is 0.382 e. The summed E-state index contributed by atoms with van der Waals surface area (Å²) in [6, 6.07) is 0.629. The minimum Gasteiger partial charge on any atom is -0.382 e. The van der Waals surface area contributed by atoms with Crippen molar-refractivity contribution in [1.29, 1.82) is 0 Å². The average molecular weight is 179 g/mol. The van der Waals surface area contributed by atoms with Crippen LogP contribution in [0.2, 0.25) is 0 Å². The highest BCUT2D eigenvalue weighted by Gasteiger charge is 2.30. The van der Waals surface area contributed by atoms with Gasteiger partial charge in [0.15, 0.2) is 5.82 Å². The van der Waals surface area contributed by atoms with Gasteiger partial charge < -0.3 is 10.5 Å². The molecule has 0 spiro atoms. The standard InChI is InChI=1S/C9H13N3O/c10-9-7-5-13-4-3-8(7)12(11-9)6-1-2-6/h6H,1-5H2,(H2,10,11). The normalized spacial score (nSPS) is 21.5. The first kappa shape index (κ1) is 7.38. The molecule has 2 N–H and O–H groups in total. The van der Waals surface area contributed by atoms with Gasteiger partial charge in [-0.05, 0) is 12.8 Å². The zero-order valence-electron chi connectivity index (χ0n) is 7.49. The minimum absolute atomic E-state index is 0.629. The molecule has 0 unspecified atom stereocenters. The second kappa shape index (κ2) is 2.48. The maximum absolute atomic E-state index is 5.82. The Kier molecular flexibility index (Phi) is 1.41. The molecule has 2 aliphatic rings. The topological polar surface area (TPSA) is 53.1 Å². The van der Waals surface area contributed by atoms with E-state index in [1.54, 1.807) is 0 Å². The quantitative estimate of drug-likeness (QED) is 0.696. The number of anilines is 1. The third-order valence-corrected chi connectivity index (χ3v) is 2.77. The van der Waals surface area contributed by atoms with Crippen LogP contribution < -0.4 is 5.73 Å². The van der Waals surface area contributed by atoms with Crippen molar-refractivity contribution >= 4 is 5.82 Å². The molecule has 1 aliphatic carbocycles. The first-order chi connectivity index (χ1) is 6.36. The Labute approximate surface area is 76.7 Å². The van der Waals surface area contributed by atoms with Crippen molar-refractivity contribution in [2.75, 3.05) is 12.3 Å². The molecule has 4 heteroatoms. The molecule has 13 heavy (non-hydrogen) atoms. The molecule has 2 heterocycles. The van der Waals surface area contributed by atoms with E-state index in [9.17, 15) is 0 Å². The Morgan fingerprint density at radius 1 is 1.46 bits per heavy atom. The van der Waals surface area contributed by atoms with Crippen molar-refractivity contribution in [3.05, 3.63) is 11.3 Å². The number of nitrogens with zero attached hydrogens (tertiary/aromatic N) is 2. The van der Waals surface area contributed by atoms with E-state index in [1.807, 2.05) is 0 Å². The van der Waals surface area contributed by atoms with Gasteiger partial charge >= 0.3 is 0 Å². The first-order valence-electron chi connectivity index (χ1n) is 4.80. The van der Waals surface area contributed by atoms with Gasteiger partial charge in [-0.3, -0.25) is 4.68 Å². The van der Waals surface area contributed by atoms with Crippen LogP contribution in [-0.2, 0) is 17.8 Å². The Morgan fingerprint density at radius 3 is 3.08 bits per heavy atom. The Bertz CT molecular complexity index is 341. The molecule has 0 saturated heterocycles. The molecular weight excluding hydrogens is 166 g/mol. The zero-order valence-corrected chi connectivity index (χ0v) is 7.49. The summed E-state index contributed by atoms with van der Waals surface area (Å²) in [5.41, 5.74) is 8.25. The van der Waals surface area contributed by atoms with Crippen LogP contribution in [0, 0.1) is 0 Å². The molecule has 1 aliphatic heterocycles. The Hall–Kier alpha value is -1.03. The smallest absolute Gasteiger partial charge is 0.151 e. The van der Waals surface area contributed by atoms with Gasteiger partial charge in [0, 0.05) is 17.7 Å². The highest BCUT2D eigenvalue weighted by atomic mass is 16.5. The highest BCUT2D eigenvalue weighted by Crippen LogP contribution is 2.38. The van der Waals surface area contributed by atoms with E-state index < -0.39 is 0 Å². The third kappa shape index (κ3) is 1.05. The van der Waals surface area contributed by atoms with Crippen molar-refractivity contribution in [3.8, 4) is 0 Å². The van der Waals surface area contributed by atoms with E-state index >= 15 is 0 Å². The lowest BCUT2D eigenvalue weighted by Gasteiger charge is -2.14. The van der Waals surface area contributed by atoms with Gasteiger partial charge in [0.25, 0.3) is 0 Å². The van der Waals surface area contributed by atoms with E-state index in [-0.39, 0.29) is 0 Å². The summed E-state index contributed by atoms with van der Waals surface area (Å²) in [6.45, 7) is 1.46. The molecule has 0 amide bonds. The maximum atomic E-state index is 5.82. The maximum Gasteiger partial charge on any atom is 0.151 e. The second-order valence-corrected chi connectivity index (χ2v) is 3.79. The van der Waals surface area contributed by atoms with Crippen LogP contribution in [0.3, 0.4) is 0 Å². The lowest BCUT2D eigenvalue weighted by atomic mass is 10.1. The number of hydrogen-bond donors (Lipinski definition) is 1. The van der Waals surface area contributed by atoms with Crippen molar-refractivity contribution in [3.63, 3.8) is 0 Å². The number of ether oxygens (including phenoxy) is 1. The number of nitrogens with two attached hydrogens (primary N) is 1. The van der Waals surface area contributed by atoms with Crippen LogP contribution >= 0.6 is 0 Å². The van der Waals surface area contributed by atoms with Crippen LogP contribution in [0.25, 0.3) is 0 Å². The van der Waals surface area contributed by atoms with Crippen molar-refractivity contribution in [2.45, 2.75) is 31.9 Å².